The van der Waals surface area contributed by atoms with Gasteiger partial charge in [-0.1, -0.05) is 18.2 Å². The first kappa shape index (κ1) is 22.7. The van der Waals surface area contributed by atoms with Gasteiger partial charge in [-0.05, 0) is 30.3 Å². The van der Waals surface area contributed by atoms with Crippen molar-refractivity contribution in [3.05, 3.63) is 76.6 Å². The smallest absolute Gasteiger partial charge is 0.343 e. The fourth-order valence-electron chi connectivity index (χ4n) is 3.59. The Kier molecular flexibility index (Phi) is 6.40. The van der Waals surface area contributed by atoms with E-state index in [1.807, 2.05) is 12.1 Å². The third kappa shape index (κ3) is 4.13. The van der Waals surface area contributed by atoms with Crippen LogP contribution in [0.5, 0.6) is 28.7 Å². The number of esters is 1. The van der Waals surface area contributed by atoms with Gasteiger partial charge in [0.05, 0.1) is 45.0 Å². The maximum atomic E-state index is 13.1. The second-order valence-corrected chi connectivity index (χ2v) is 7.14. The fourth-order valence-corrected chi connectivity index (χ4v) is 3.59. The summed E-state index contributed by atoms with van der Waals surface area (Å²) in [6.45, 7) is 0. The predicted molar refractivity (Wildman–Crippen MR) is 126 cm³/mol. The highest BCUT2D eigenvalue weighted by atomic mass is 16.5. The highest BCUT2D eigenvalue weighted by Crippen LogP contribution is 2.38. The summed E-state index contributed by atoms with van der Waals surface area (Å²) in [5, 5.41) is 0.344. The van der Waals surface area contributed by atoms with Gasteiger partial charge in [-0.25, -0.2) is 4.79 Å². The Morgan fingerprint density at radius 2 is 1.44 bits per heavy atom. The van der Waals surface area contributed by atoms with Crippen molar-refractivity contribution < 1.29 is 32.9 Å². The van der Waals surface area contributed by atoms with Crippen LogP contribution in [0.4, 0.5) is 0 Å². The monoisotopic (exact) mass is 462 g/mol. The second kappa shape index (κ2) is 9.58. The average Bonchev–Trinajstić information content (AvgIpc) is 2.87. The highest BCUT2D eigenvalue weighted by molar-refractivity contribution is 5.93. The third-order valence-electron chi connectivity index (χ3n) is 5.25. The van der Waals surface area contributed by atoms with Gasteiger partial charge in [0.25, 0.3) is 0 Å². The summed E-state index contributed by atoms with van der Waals surface area (Å²) in [4.78, 5) is 25.9. The van der Waals surface area contributed by atoms with Crippen LogP contribution in [0.2, 0.25) is 0 Å². The zero-order valence-electron chi connectivity index (χ0n) is 19.0. The van der Waals surface area contributed by atoms with Crippen LogP contribution < -0.4 is 29.1 Å². The Morgan fingerprint density at radius 3 is 2.09 bits per heavy atom. The van der Waals surface area contributed by atoms with E-state index in [-0.39, 0.29) is 22.3 Å². The number of carbonyl (C=O) groups excluding carboxylic acids is 1. The molecule has 0 spiro atoms. The summed E-state index contributed by atoms with van der Waals surface area (Å²) in [6, 6.07) is 14.7. The minimum absolute atomic E-state index is 0.197. The molecular formula is C26H22O8. The largest absolute Gasteiger partial charge is 0.496 e. The summed E-state index contributed by atoms with van der Waals surface area (Å²) >= 11 is 0. The van der Waals surface area contributed by atoms with E-state index in [0.29, 0.717) is 39.5 Å². The molecule has 0 atom stereocenters. The summed E-state index contributed by atoms with van der Waals surface area (Å²) < 4.78 is 32.4. The molecule has 0 unspecified atom stereocenters. The maximum absolute atomic E-state index is 13.1. The maximum Gasteiger partial charge on any atom is 0.343 e. The zero-order valence-corrected chi connectivity index (χ0v) is 19.0. The molecule has 0 fully saturated rings. The quantitative estimate of drug-likeness (QED) is 0.288. The van der Waals surface area contributed by atoms with Gasteiger partial charge in [0.15, 0.2) is 11.5 Å². The van der Waals surface area contributed by atoms with Crippen molar-refractivity contribution in [2.75, 3.05) is 28.4 Å². The molecule has 0 amide bonds. The Morgan fingerprint density at radius 1 is 0.765 bits per heavy atom. The van der Waals surface area contributed by atoms with Crippen LogP contribution in [0.1, 0.15) is 10.4 Å². The van der Waals surface area contributed by atoms with E-state index in [1.54, 1.807) is 18.2 Å². The fraction of sp³-hybridized carbons (Fsp3) is 0.154. The van der Waals surface area contributed by atoms with Crippen molar-refractivity contribution in [1.29, 1.82) is 0 Å². The summed E-state index contributed by atoms with van der Waals surface area (Å²) in [6.07, 6.45) is 1.37. The molecule has 0 radical (unpaired) electrons. The normalized spacial score (nSPS) is 10.6. The number of hydrogen-bond donors (Lipinski definition) is 0. The van der Waals surface area contributed by atoms with Crippen molar-refractivity contribution in [1.82, 2.24) is 0 Å². The van der Waals surface area contributed by atoms with Gasteiger partial charge < -0.3 is 28.1 Å². The van der Waals surface area contributed by atoms with Crippen LogP contribution in [0, 0.1) is 0 Å². The molecule has 3 aromatic carbocycles. The molecule has 1 aromatic heterocycles. The van der Waals surface area contributed by atoms with Crippen molar-refractivity contribution in [2.45, 2.75) is 0 Å². The SMILES string of the molecule is COc1ccccc1-c1coc2cc(OC(=O)c3cc(OC)c(OC)c(OC)c3)ccc2c1=O. The van der Waals surface area contributed by atoms with Crippen molar-refractivity contribution in [2.24, 2.45) is 0 Å². The summed E-state index contributed by atoms with van der Waals surface area (Å²) in [5.41, 5.74) is 1.24. The van der Waals surface area contributed by atoms with Crippen LogP contribution in [0.15, 0.2) is 70.1 Å². The van der Waals surface area contributed by atoms with E-state index < -0.39 is 5.97 Å². The van der Waals surface area contributed by atoms with Gasteiger partial charge >= 0.3 is 5.97 Å². The average molecular weight is 462 g/mol. The van der Waals surface area contributed by atoms with Gasteiger partial charge in [-0.3, -0.25) is 4.79 Å². The molecule has 1 heterocycles. The molecule has 34 heavy (non-hydrogen) atoms. The first-order valence-electron chi connectivity index (χ1n) is 10.2. The number of ether oxygens (including phenoxy) is 5. The number of fused-ring (bicyclic) bond motifs is 1. The number of carbonyl (C=O) groups is 1. The van der Waals surface area contributed by atoms with E-state index in [0.717, 1.165) is 0 Å². The summed E-state index contributed by atoms with van der Waals surface area (Å²) in [7, 11) is 5.92. The lowest BCUT2D eigenvalue weighted by molar-refractivity contribution is 0.0734. The third-order valence-corrected chi connectivity index (χ3v) is 5.25. The topological polar surface area (TPSA) is 93.4 Å². The number of benzene rings is 3. The Labute approximate surface area is 195 Å². The first-order valence-corrected chi connectivity index (χ1v) is 10.2. The highest BCUT2D eigenvalue weighted by Gasteiger charge is 2.19. The van der Waals surface area contributed by atoms with E-state index in [1.165, 1.54) is 59.0 Å². The van der Waals surface area contributed by atoms with Crippen LogP contribution in [0.25, 0.3) is 22.1 Å². The second-order valence-electron chi connectivity index (χ2n) is 7.14. The number of methoxy groups -OCH3 is 4. The lowest BCUT2D eigenvalue weighted by Gasteiger charge is -2.13. The molecule has 0 bridgehead atoms. The molecule has 0 N–H and O–H groups in total. The van der Waals surface area contributed by atoms with Gasteiger partial charge in [0, 0.05) is 11.6 Å². The van der Waals surface area contributed by atoms with Gasteiger partial charge in [-0.2, -0.15) is 0 Å². The van der Waals surface area contributed by atoms with Crippen molar-refractivity contribution in [3.8, 4) is 39.9 Å². The predicted octanol–water partition coefficient (Wildman–Crippen LogP) is 4.71. The molecule has 4 rings (SSSR count). The van der Waals surface area contributed by atoms with Gasteiger partial charge in [0.2, 0.25) is 11.2 Å². The van der Waals surface area contributed by atoms with Crippen molar-refractivity contribution in [3.63, 3.8) is 0 Å². The van der Waals surface area contributed by atoms with E-state index in [4.69, 9.17) is 28.1 Å². The number of para-hydroxylation sites is 1. The first-order chi connectivity index (χ1) is 16.5. The molecular weight excluding hydrogens is 440 g/mol. The van der Waals surface area contributed by atoms with Crippen LogP contribution in [0.3, 0.4) is 0 Å². The van der Waals surface area contributed by atoms with E-state index in [9.17, 15) is 9.59 Å². The molecule has 0 saturated heterocycles. The van der Waals surface area contributed by atoms with E-state index >= 15 is 0 Å². The molecule has 0 aliphatic carbocycles. The van der Waals surface area contributed by atoms with Crippen LogP contribution in [-0.2, 0) is 0 Å². The lowest BCUT2D eigenvalue weighted by Crippen LogP contribution is -2.10. The lowest BCUT2D eigenvalue weighted by atomic mass is 10.0. The molecule has 0 aliphatic heterocycles. The number of hydrogen-bond acceptors (Lipinski definition) is 8. The molecule has 4 aromatic rings. The van der Waals surface area contributed by atoms with Gasteiger partial charge in [-0.15, -0.1) is 0 Å². The van der Waals surface area contributed by atoms with Crippen molar-refractivity contribution >= 4 is 16.9 Å². The molecule has 0 saturated carbocycles. The number of rotatable bonds is 7. The van der Waals surface area contributed by atoms with Crippen LogP contribution in [-0.4, -0.2) is 34.4 Å². The molecule has 0 aliphatic rings. The van der Waals surface area contributed by atoms with E-state index in [2.05, 4.69) is 0 Å². The molecule has 8 heteroatoms. The molecule has 8 nitrogen and oxygen atoms in total. The minimum Gasteiger partial charge on any atom is -0.496 e. The molecule has 174 valence electrons. The van der Waals surface area contributed by atoms with Crippen LogP contribution >= 0.6 is 0 Å². The summed E-state index contributed by atoms with van der Waals surface area (Å²) in [5.74, 6) is 1.13. The zero-order chi connectivity index (χ0) is 24.2. The Balaban J connectivity index is 1.67. The Bertz CT molecular complexity index is 1400. The Hall–Kier alpha value is -4.46. The van der Waals surface area contributed by atoms with Gasteiger partial charge in [0.1, 0.15) is 23.3 Å². The minimum atomic E-state index is -0.647. The standard InChI is InChI=1S/C26H22O8/c1-29-20-8-6-5-7-17(20)19-14-33-21-13-16(9-10-18(21)24(19)27)34-26(28)15-11-22(30-2)25(32-4)23(12-15)31-3/h5-14H,1-4H3.